The number of fused-ring (bicyclic) bond motifs is 1. The minimum atomic E-state index is -4.39. The summed E-state index contributed by atoms with van der Waals surface area (Å²) in [6.07, 6.45) is -4.65. The van der Waals surface area contributed by atoms with E-state index < -0.39 is 60.6 Å². The van der Waals surface area contributed by atoms with Gasteiger partial charge in [0.2, 0.25) is 0 Å². The van der Waals surface area contributed by atoms with Crippen molar-refractivity contribution in [2.45, 2.75) is 69.6 Å². The average Bonchev–Trinajstić information content (AvgIpc) is 2.95. The molecule has 1 saturated heterocycles. The monoisotopic (exact) mass is 477 g/mol. The number of aliphatic hydroxyl groups is 3. The molecule has 0 radical (unpaired) electrons. The number of hydrogen-bond donors (Lipinski definition) is 5. The van der Waals surface area contributed by atoms with Crippen molar-refractivity contribution >= 4 is 18.6 Å². The minimum Gasteiger partial charge on any atom is -0.388 e. The molecule has 12 nitrogen and oxygen atoms in total. The second-order valence-electron chi connectivity index (χ2n) is 8.02. The maximum Gasteiger partial charge on any atom is 0.356 e. The van der Waals surface area contributed by atoms with Crippen LogP contribution in [0.5, 0.6) is 0 Å². The molecule has 3 heterocycles. The molecule has 5 N–H and O–H groups in total. The number of ether oxygens (including phenoxy) is 1. The molecule has 4 unspecified atom stereocenters. The Morgan fingerprint density at radius 2 is 2.06 bits per heavy atom. The molecule has 1 aliphatic rings. The lowest BCUT2D eigenvalue weighted by Gasteiger charge is -2.34. The van der Waals surface area contributed by atoms with Crippen LogP contribution in [0.2, 0.25) is 0 Å². The summed E-state index contributed by atoms with van der Waals surface area (Å²) >= 11 is 0. The summed E-state index contributed by atoms with van der Waals surface area (Å²) in [5.41, 5.74) is -3.35. The van der Waals surface area contributed by atoms with Crippen molar-refractivity contribution in [3.8, 4) is 0 Å². The summed E-state index contributed by atoms with van der Waals surface area (Å²) in [7, 11) is -4.39. The Labute approximate surface area is 180 Å². The number of aromatic nitrogens is 3. The number of H-pyrrole nitrogens is 1. The largest absolute Gasteiger partial charge is 0.388 e. The quantitative estimate of drug-likeness (QED) is 0.267. The molecule has 14 heteroatoms. The predicted molar refractivity (Wildman–Crippen MR) is 108 cm³/mol. The van der Waals surface area contributed by atoms with Crippen LogP contribution in [0, 0.1) is 5.95 Å². The van der Waals surface area contributed by atoms with Gasteiger partial charge in [0.1, 0.15) is 12.2 Å². The van der Waals surface area contributed by atoms with E-state index in [0.717, 1.165) is 17.7 Å². The summed E-state index contributed by atoms with van der Waals surface area (Å²) in [6.45, 7) is 4.23. The van der Waals surface area contributed by atoms with Gasteiger partial charge in [0.05, 0.1) is 17.1 Å². The van der Waals surface area contributed by atoms with E-state index in [-0.39, 0.29) is 23.9 Å². The van der Waals surface area contributed by atoms with Crippen molar-refractivity contribution in [2.24, 2.45) is 0 Å². The predicted octanol–water partition coefficient (Wildman–Crippen LogP) is -0.0578. The van der Waals surface area contributed by atoms with Gasteiger partial charge in [-0.25, -0.2) is 4.79 Å². The van der Waals surface area contributed by atoms with Gasteiger partial charge in [-0.05, 0) is 20.3 Å². The molecule has 0 aliphatic carbocycles. The van der Waals surface area contributed by atoms with Gasteiger partial charge in [-0.3, -0.25) is 13.9 Å². The fraction of sp³-hybridized carbons (Fsp3) is 0.611. The number of nitrogens with zero attached hydrogens (tertiary/aromatic N) is 2. The van der Waals surface area contributed by atoms with Gasteiger partial charge in [-0.2, -0.15) is 9.37 Å². The summed E-state index contributed by atoms with van der Waals surface area (Å²) in [4.78, 5) is 40.1. The molecule has 0 bridgehead atoms. The first-order chi connectivity index (χ1) is 14.8. The zero-order chi connectivity index (χ0) is 24.0. The van der Waals surface area contributed by atoms with Crippen molar-refractivity contribution in [2.75, 3.05) is 0 Å². The highest BCUT2D eigenvalue weighted by Gasteiger charge is 2.48. The van der Waals surface area contributed by atoms with Gasteiger partial charge in [-0.1, -0.05) is 6.92 Å². The molecule has 0 amide bonds. The molecule has 2 aromatic heterocycles. The summed E-state index contributed by atoms with van der Waals surface area (Å²) in [5, 5.41) is 30.3. The molecule has 1 fully saturated rings. The normalized spacial score (nSPS) is 28.4. The maximum absolute atomic E-state index is 13.4. The van der Waals surface area contributed by atoms with Crippen molar-refractivity contribution in [3.63, 3.8) is 0 Å². The highest BCUT2D eigenvalue weighted by molar-refractivity contribution is 7.53. The van der Waals surface area contributed by atoms with Gasteiger partial charge < -0.3 is 34.5 Å². The second kappa shape index (κ2) is 8.75. The van der Waals surface area contributed by atoms with Crippen LogP contribution in [0.1, 0.15) is 39.8 Å². The lowest BCUT2D eigenvalue weighted by molar-refractivity contribution is -0.0691. The number of pyridine rings is 1. The number of halogens is 1. The highest BCUT2D eigenvalue weighted by atomic mass is 31.2. The molecule has 1 aliphatic heterocycles. The standard InChI is InChI=1S/C18H25FN3O9P/c1-4-18(3,31-32(28,29)8(2)23)6-11-13(25)14(26)16(30-11)22-7-9-10(24)5-12(19)20-15(9)21-17(22)27/h5,7-8,11,13-14,16,23,25-26H,4,6H2,1-3H3,(H,28,29)(H,20,21,27)/t8?,11-,13?,14+,16-,18?/m1/s1. The fourth-order valence-electron chi connectivity index (χ4n) is 3.46. The Morgan fingerprint density at radius 1 is 1.41 bits per heavy atom. The molecule has 3 rings (SSSR count). The van der Waals surface area contributed by atoms with Crippen LogP contribution in [-0.4, -0.2) is 64.5 Å². The second-order valence-corrected chi connectivity index (χ2v) is 10.1. The first-order valence-corrected chi connectivity index (χ1v) is 11.5. The SMILES string of the molecule is CCC(C)(C[C@H]1O[C@@H](n2cc3c(=O)cc(F)[nH]c3nc2=O)[C@@H](O)C1O)OP(=O)(O)C(C)O. The van der Waals surface area contributed by atoms with E-state index in [0.29, 0.717) is 6.07 Å². The first kappa shape index (κ1) is 24.6. The van der Waals surface area contributed by atoms with E-state index in [4.69, 9.17) is 9.26 Å². The molecule has 0 aromatic carbocycles. The fourth-order valence-corrected chi connectivity index (χ4v) is 4.45. The van der Waals surface area contributed by atoms with Crippen LogP contribution in [-0.2, 0) is 13.8 Å². The molecular weight excluding hydrogens is 452 g/mol. The van der Waals surface area contributed by atoms with Crippen molar-refractivity contribution in [1.82, 2.24) is 14.5 Å². The van der Waals surface area contributed by atoms with Crippen LogP contribution < -0.4 is 11.1 Å². The Kier molecular flexibility index (Phi) is 6.74. The molecule has 7 atom stereocenters. The summed E-state index contributed by atoms with van der Waals surface area (Å²) in [6, 6.07) is 0.668. The molecule has 178 valence electrons. The third-order valence-electron chi connectivity index (χ3n) is 5.53. The van der Waals surface area contributed by atoms with Crippen LogP contribution in [0.25, 0.3) is 11.0 Å². The molecule has 0 spiro atoms. The number of aliphatic hydroxyl groups excluding tert-OH is 3. The molecule has 2 aromatic rings. The average molecular weight is 477 g/mol. The zero-order valence-electron chi connectivity index (χ0n) is 17.5. The van der Waals surface area contributed by atoms with E-state index >= 15 is 0 Å². The lowest BCUT2D eigenvalue weighted by atomic mass is 9.93. The van der Waals surface area contributed by atoms with E-state index in [1.54, 1.807) is 6.92 Å². The number of rotatable bonds is 7. The number of aromatic amines is 1. The van der Waals surface area contributed by atoms with E-state index in [1.807, 2.05) is 0 Å². The van der Waals surface area contributed by atoms with Crippen LogP contribution in [0.4, 0.5) is 4.39 Å². The highest BCUT2D eigenvalue weighted by Crippen LogP contribution is 2.52. The van der Waals surface area contributed by atoms with Crippen LogP contribution >= 0.6 is 7.60 Å². The lowest BCUT2D eigenvalue weighted by Crippen LogP contribution is -2.39. The topological polar surface area (TPSA) is 184 Å². The third kappa shape index (κ3) is 4.69. The van der Waals surface area contributed by atoms with Crippen LogP contribution in [0.3, 0.4) is 0 Å². The Bertz CT molecular complexity index is 1170. The van der Waals surface area contributed by atoms with Gasteiger partial charge in [0, 0.05) is 18.7 Å². The number of nitrogens with one attached hydrogen (secondary N) is 1. The van der Waals surface area contributed by atoms with Crippen molar-refractivity contribution < 1.29 is 38.4 Å². The van der Waals surface area contributed by atoms with Crippen molar-refractivity contribution in [3.05, 3.63) is 38.9 Å². The Hall–Kier alpha value is -1.99. The van der Waals surface area contributed by atoms with Crippen LogP contribution in [0.15, 0.2) is 21.9 Å². The maximum atomic E-state index is 13.4. The smallest absolute Gasteiger partial charge is 0.356 e. The number of hydrogen-bond acceptors (Lipinski definition) is 9. The first-order valence-electron chi connectivity index (χ1n) is 9.82. The Balaban J connectivity index is 1.91. The van der Waals surface area contributed by atoms with E-state index in [2.05, 4.69) is 9.97 Å². The zero-order valence-corrected chi connectivity index (χ0v) is 18.4. The van der Waals surface area contributed by atoms with Gasteiger partial charge >= 0.3 is 13.3 Å². The van der Waals surface area contributed by atoms with Crippen molar-refractivity contribution in [1.29, 1.82) is 0 Å². The molecule has 0 saturated carbocycles. The van der Waals surface area contributed by atoms with E-state index in [9.17, 15) is 38.8 Å². The van der Waals surface area contributed by atoms with Gasteiger partial charge in [0.15, 0.2) is 29.1 Å². The third-order valence-corrected chi connectivity index (χ3v) is 7.18. The van der Waals surface area contributed by atoms with E-state index in [1.165, 1.54) is 6.92 Å². The van der Waals surface area contributed by atoms with Gasteiger partial charge in [0.25, 0.3) is 0 Å². The molecule has 32 heavy (non-hydrogen) atoms. The van der Waals surface area contributed by atoms with Gasteiger partial charge in [-0.15, -0.1) is 0 Å². The summed E-state index contributed by atoms with van der Waals surface area (Å²) < 4.78 is 37.2. The summed E-state index contributed by atoms with van der Waals surface area (Å²) in [5.74, 6) is -2.62. The minimum absolute atomic E-state index is 0.139. The molecular formula is C18H25FN3O9P. The Morgan fingerprint density at radius 3 is 2.66 bits per heavy atom.